The van der Waals surface area contributed by atoms with Gasteiger partial charge in [0.1, 0.15) is 10.7 Å². The third kappa shape index (κ3) is 3.83. The summed E-state index contributed by atoms with van der Waals surface area (Å²) < 4.78 is 41.5. The third-order valence-electron chi connectivity index (χ3n) is 3.78. The Morgan fingerprint density at radius 1 is 1.43 bits per heavy atom. The molecule has 0 bridgehead atoms. The first-order chi connectivity index (χ1) is 9.96. The molecule has 1 aromatic carbocycles. The van der Waals surface area contributed by atoms with Gasteiger partial charge in [0.15, 0.2) is 0 Å². The lowest BCUT2D eigenvalue weighted by atomic mass is 10.0. The fourth-order valence-corrected chi connectivity index (χ4v) is 4.80. The van der Waals surface area contributed by atoms with E-state index in [-0.39, 0.29) is 10.9 Å². The van der Waals surface area contributed by atoms with Crippen LogP contribution in [0.3, 0.4) is 0 Å². The van der Waals surface area contributed by atoms with Gasteiger partial charge in [0.05, 0.1) is 0 Å². The van der Waals surface area contributed by atoms with E-state index in [0.717, 1.165) is 32.2 Å². The van der Waals surface area contributed by atoms with Gasteiger partial charge in [-0.25, -0.2) is 12.8 Å². The van der Waals surface area contributed by atoms with E-state index in [4.69, 9.17) is 0 Å². The smallest absolute Gasteiger partial charge is 0.246 e. The van der Waals surface area contributed by atoms with Crippen molar-refractivity contribution in [3.05, 3.63) is 28.5 Å². The summed E-state index contributed by atoms with van der Waals surface area (Å²) in [7, 11) is -1.94. The largest absolute Gasteiger partial charge is 0.320 e. The van der Waals surface area contributed by atoms with Crippen LogP contribution in [0.25, 0.3) is 0 Å². The van der Waals surface area contributed by atoms with Crippen molar-refractivity contribution >= 4 is 26.0 Å². The Hall–Kier alpha value is -0.500. The average Bonchev–Trinajstić information content (AvgIpc) is 2.45. The summed E-state index contributed by atoms with van der Waals surface area (Å²) in [5, 5.41) is 3.04. The summed E-state index contributed by atoms with van der Waals surface area (Å²) in [6.45, 7) is 1.21. The molecule has 2 rings (SSSR count). The second kappa shape index (κ2) is 7.17. The average molecular weight is 379 g/mol. The maximum Gasteiger partial charge on any atom is 0.246 e. The Morgan fingerprint density at radius 2 is 2.19 bits per heavy atom. The van der Waals surface area contributed by atoms with Crippen molar-refractivity contribution in [1.82, 2.24) is 9.62 Å². The highest BCUT2D eigenvalue weighted by Crippen LogP contribution is 2.29. The maximum atomic E-state index is 14.0. The topological polar surface area (TPSA) is 49.4 Å². The molecular weight excluding hydrogens is 359 g/mol. The Bertz CT molecular complexity index is 595. The summed E-state index contributed by atoms with van der Waals surface area (Å²) in [6.07, 6.45) is 3.42. The molecule has 1 atom stereocenters. The summed E-state index contributed by atoms with van der Waals surface area (Å²) in [5.41, 5.74) is 0. The quantitative estimate of drug-likeness (QED) is 0.856. The molecular formula is C14H20BrFN2O2S. The zero-order chi connectivity index (χ0) is 15.5. The summed E-state index contributed by atoms with van der Waals surface area (Å²) in [5.74, 6) is -0.706. The SMILES string of the molecule is CNCCC1CCCCN1S(=O)(=O)c1ccc(Br)cc1F. The zero-order valence-electron chi connectivity index (χ0n) is 12.0. The molecule has 0 saturated carbocycles. The lowest BCUT2D eigenvalue weighted by molar-refractivity contribution is 0.240. The van der Waals surface area contributed by atoms with Crippen molar-refractivity contribution < 1.29 is 12.8 Å². The molecule has 1 N–H and O–H groups in total. The Kier molecular flexibility index (Phi) is 5.76. The molecule has 1 unspecified atom stereocenters. The Labute approximate surface area is 133 Å². The highest BCUT2D eigenvalue weighted by atomic mass is 79.9. The van der Waals surface area contributed by atoms with Gasteiger partial charge < -0.3 is 5.32 Å². The van der Waals surface area contributed by atoms with Gasteiger partial charge in [-0.3, -0.25) is 0 Å². The van der Waals surface area contributed by atoms with Crippen LogP contribution in [0.2, 0.25) is 0 Å². The molecule has 1 fully saturated rings. The molecule has 118 valence electrons. The van der Waals surface area contributed by atoms with E-state index in [1.54, 1.807) is 6.07 Å². The molecule has 1 aliphatic rings. The minimum Gasteiger partial charge on any atom is -0.320 e. The number of nitrogens with zero attached hydrogens (tertiary/aromatic N) is 1. The first-order valence-corrected chi connectivity index (χ1v) is 9.31. The Balaban J connectivity index is 2.31. The van der Waals surface area contributed by atoms with Gasteiger partial charge in [0, 0.05) is 17.1 Å². The number of nitrogens with one attached hydrogen (secondary N) is 1. The second-order valence-corrected chi connectivity index (χ2v) is 8.01. The number of hydrogen-bond donors (Lipinski definition) is 1. The highest BCUT2D eigenvalue weighted by molar-refractivity contribution is 9.10. The molecule has 0 radical (unpaired) electrons. The number of piperidine rings is 1. The van der Waals surface area contributed by atoms with Gasteiger partial charge in [0.25, 0.3) is 0 Å². The molecule has 7 heteroatoms. The minimum atomic E-state index is -3.78. The number of rotatable bonds is 5. The number of hydrogen-bond acceptors (Lipinski definition) is 3. The predicted molar refractivity (Wildman–Crippen MR) is 84.2 cm³/mol. The van der Waals surface area contributed by atoms with Crippen LogP contribution < -0.4 is 5.32 Å². The van der Waals surface area contributed by atoms with Crippen molar-refractivity contribution in [2.45, 2.75) is 36.6 Å². The van der Waals surface area contributed by atoms with Crippen LogP contribution in [0.5, 0.6) is 0 Å². The van der Waals surface area contributed by atoms with Crippen LogP contribution in [0.1, 0.15) is 25.7 Å². The van der Waals surface area contributed by atoms with Crippen LogP contribution in [-0.4, -0.2) is 38.9 Å². The molecule has 1 saturated heterocycles. The molecule has 0 spiro atoms. The number of halogens is 2. The Morgan fingerprint density at radius 3 is 2.86 bits per heavy atom. The van der Waals surface area contributed by atoms with Crippen molar-refractivity contribution in [3.63, 3.8) is 0 Å². The van der Waals surface area contributed by atoms with Crippen LogP contribution in [0.4, 0.5) is 4.39 Å². The molecule has 0 aliphatic carbocycles. The molecule has 1 aliphatic heterocycles. The number of sulfonamides is 1. The summed E-state index contributed by atoms with van der Waals surface area (Å²) in [6, 6.07) is 4.03. The van der Waals surface area contributed by atoms with Gasteiger partial charge in [-0.1, -0.05) is 22.4 Å². The monoisotopic (exact) mass is 378 g/mol. The van der Waals surface area contributed by atoms with Crippen LogP contribution in [0, 0.1) is 5.82 Å². The molecule has 21 heavy (non-hydrogen) atoms. The van der Waals surface area contributed by atoms with E-state index in [1.807, 2.05) is 7.05 Å². The lowest BCUT2D eigenvalue weighted by Crippen LogP contribution is -2.44. The van der Waals surface area contributed by atoms with Crippen LogP contribution in [-0.2, 0) is 10.0 Å². The van der Waals surface area contributed by atoms with E-state index in [1.165, 1.54) is 16.4 Å². The zero-order valence-corrected chi connectivity index (χ0v) is 14.4. The van der Waals surface area contributed by atoms with E-state index >= 15 is 0 Å². The van der Waals surface area contributed by atoms with Gasteiger partial charge in [-0.15, -0.1) is 0 Å². The van der Waals surface area contributed by atoms with Gasteiger partial charge in [-0.2, -0.15) is 4.31 Å². The van der Waals surface area contributed by atoms with Gasteiger partial charge in [-0.05, 0) is 51.1 Å². The maximum absolute atomic E-state index is 14.0. The van der Waals surface area contributed by atoms with Crippen LogP contribution >= 0.6 is 15.9 Å². The fourth-order valence-electron chi connectivity index (χ4n) is 2.70. The van der Waals surface area contributed by atoms with E-state index in [0.29, 0.717) is 11.0 Å². The second-order valence-electron chi connectivity index (χ2n) is 5.23. The normalized spacial score (nSPS) is 20.6. The minimum absolute atomic E-state index is 0.0563. The van der Waals surface area contributed by atoms with Gasteiger partial charge >= 0.3 is 0 Å². The first kappa shape index (κ1) is 16.9. The summed E-state index contributed by atoms with van der Waals surface area (Å²) in [4.78, 5) is -0.234. The first-order valence-electron chi connectivity index (χ1n) is 7.08. The van der Waals surface area contributed by atoms with E-state index in [2.05, 4.69) is 21.2 Å². The lowest BCUT2D eigenvalue weighted by Gasteiger charge is -2.34. The van der Waals surface area contributed by atoms with Crippen molar-refractivity contribution in [2.75, 3.05) is 20.1 Å². The highest BCUT2D eigenvalue weighted by Gasteiger charge is 2.34. The summed E-state index contributed by atoms with van der Waals surface area (Å²) >= 11 is 3.15. The fraction of sp³-hybridized carbons (Fsp3) is 0.571. The molecule has 1 heterocycles. The molecule has 0 amide bonds. The molecule has 0 aromatic heterocycles. The van der Waals surface area contributed by atoms with Gasteiger partial charge in [0.2, 0.25) is 10.0 Å². The third-order valence-corrected chi connectivity index (χ3v) is 6.26. The van der Waals surface area contributed by atoms with E-state index in [9.17, 15) is 12.8 Å². The van der Waals surface area contributed by atoms with Crippen molar-refractivity contribution in [3.8, 4) is 0 Å². The van der Waals surface area contributed by atoms with Crippen molar-refractivity contribution in [1.29, 1.82) is 0 Å². The standard InChI is InChI=1S/C14H20BrFN2O2S/c1-17-8-7-12-4-2-3-9-18(12)21(19,20)14-6-5-11(15)10-13(14)16/h5-6,10,12,17H,2-4,7-9H2,1H3. The predicted octanol–water partition coefficient (Wildman–Crippen LogP) is 2.74. The molecule has 4 nitrogen and oxygen atoms in total. The van der Waals surface area contributed by atoms with Crippen molar-refractivity contribution in [2.24, 2.45) is 0 Å². The number of benzene rings is 1. The molecule has 1 aromatic rings. The van der Waals surface area contributed by atoms with E-state index < -0.39 is 15.8 Å². The van der Waals surface area contributed by atoms with Crippen LogP contribution in [0.15, 0.2) is 27.6 Å².